The van der Waals surface area contributed by atoms with Crippen molar-refractivity contribution in [3.05, 3.63) is 66.0 Å². The minimum absolute atomic E-state index is 0.000833. The summed E-state index contributed by atoms with van der Waals surface area (Å²) >= 11 is 0. The molecule has 0 spiro atoms. The number of carbonyl (C=O) groups is 2. The van der Waals surface area contributed by atoms with Crippen LogP contribution in [0.5, 0.6) is 0 Å². The highest BCUT2D eigenvalue weighted by atomic mass is 32.2. The van der Waals surface area contributed by atoms with E-state index < -0.39 is 34.4 Å². The Morgan fingerprint density at radius 3 is 2.09 bits per heavy atom. The Bertz CT molecular complexity index is 1190. The third-order valence-corrected chi connectivity index (χ3v) is 6.50. The fraction of sp³-hybridized carbons (Fsp3) is 0.227. The number of rotatable bonds is 7. The van der Waals surface area contributed by atoms with Gasteiger partial charge in [-0.15, -0.1) is 0 Å². The highest BCUT2D eigenvalue weighted by Gasteiger charge is 2.32. The molecular weight excluding hydrogens is 432 g/mol. The van der Waals surface area contributed by atoms with Crippen LogP contribution in [0.3, 0.4) is 0 Å². The first-order valence-corrected chi connectivity index (χ1v) is 11.1. The average Bonchev–Trinajstić information content (AvgIpc) is 3.04. The SMILES string of the molecule is C[C@H](NS(=O)(=O)c1ccccc1)C(=O)OCC(=O)C(C#N)=C1N(C)c2ccccc2N1C. The smallest absolute Gasteiger partial charge is 0.324 e. The van der Waals surface area contributed by atoms with Crippen molar-refractivity contribution in [3.63, 3.8) is 0 Å². The number of Topliss-reactive ketones (excluding diaryl/α,β-unsaturated/α-hetero) is 1. The van der Waals surface area contributed by atoms with Crippen molar-refractivity contribution in [2.75, 3.05) is 30.5 Å². The Kier molecular flexibility index (Phi) is 6.62. The van der Waals surface area contributed by atoms with E-state index in [9.17, 15) is 23.3 Å². The summed E-state index contributed by atoms with van der Waals surface area (Å²) in [6, 6.07) is 15.6. The van der Waals surface area contributed by atoms with Crippen LogP contribution in [0.1, 0.15) is 6.92 Å². The topological polar surface area (TPSA) is 120 Å². The Morgan fingerprint density at radius 2 is 1.56 bits per heavy atom. The predicted molar refractivity (Wildman–Crippen MR) is 118 cm³/mol. The maximum Gasteiger partial charge on any atom is 0.324 e. The second-order valence-corrected chi connectivity index (χ2v) is 8.82. The summed E-state index contributed by atoms with van der Waals surface area (Å²) in [5.41, 5.74) is 1.48. The Balaban J connectivity index is 1.69. The lowest BCUT2D eigenvalue weighted by atomic mass is 10.2. The molecule has 0 unspecified atom stereocenters. The molecule has 0 radical (unpaired) electrons. The number of nitrogens with one attached hydrogen (secondary N) is 1. The van der Waals surface area contributed by atoms with E-state index in [4.69, 9.17) is 4.74 Å². The molecule has 0 amide bonds. The second-order valence-electron chi connectivity index (χ2n) is 7.10. The van der Waals surface area contributed by atoms with E-state index in [2.05, 4.69) is 4.72 Å². The highest BCUT2D eigenvalue weighted by Crippen LogP contribution is 2.40. The predicted octanol–water partition coefficient (Wildman–Crippen LogP) is 1.79. The number of ether oxygens (including phenoxy) is 1. The van der Waals surface area contributed by atoms with Gasteiger partial charge in [0, 0.05) is 14.1 Å². The van der Waals surface area contributed by atoms with E-state index in [-0.39, 0.29) is 10.5 Å². The molecule has 9 nitrogen and oxygen atoms in total. The number of hydrogen-bond donors (Lipinski definition) is 1. The van der Waals surface area contributed by atoms with Crippen LogP contribution in [0, 0.1) is 11.3 Å². The summed E-state index contributed by atoms with van der Waals surface area (Å²) in [7, 11) is -0.471. The van der Waals surface area contributed by atoms with Crippen LogP contribution < -0.4 is 14.5 Å². The van der Waals surface area contributed by atoms with Crippen LogP contribution in [0.2, 0.25) is 0 Å². The first-order valence-electron chi connectivity index (χ1n) is 9.65. The summed E-state index contributed by atoms with van der Waals surface area (Å²) < 4.78 is 31.9. The van der Waals surface area contributed by atoms with E-state index in [0.29, 0.717) is 5.82 Å². The number of nitrogens with zero attached hydrogens (tertiary/aromatic N) is 3. The van der Waals surface area contributed by atoms with Crippen molar-refractivity contribution in [3.8, 4) is 6.07 Å². The molecule has 0 saturated heterocycles. The van der Waals surface area contributed by atoms with Crippen LogP contribution in [-0.4, -0.2) is 46.9 Å². The molecule has 0 saturated carbocycles. The van der Waals surface area contributed by atoms with Crippen molar-refractivity contribution in [2.24, 2.45) is 0 Å². The molecule has 1 aliphatic rings. The van der Waals surface area contributed by atoms with Gasteiger partial charge < -0.3 is 14.5 Å². The van der Waals surface area contributed by atoms with E-state index in [1.165, 1.54) is 19.1 Å². The fourth-order valence-corrected chi connectivity index (χ4v) is 4.55. The standard InChI is InChI=1S/C22H22N4O5S/c1-15(24-32(29,30)16-9-5-4-6-10-16)22(28)31-14-20(27)17(13-23)21-25(2)18-11-7-8-12-19(18)26(21)3/h4-12,15,24H,14H2,1-3H3/t15-/m0/s1. The van der Waals surface area contributed by atoms with E-state index in [1.807, 2.05) is 30.3 Å². The minimum Gasteiger partial charge on any atom is -0.456 e. The van der Waals surface area contributed by atoms with Crippen LogP contribution in [-0.2, 0) is 24.3 Å². The maximum atomic E-state index is 12.7. The van der Waals surface area contributed by atoms with E-state index in [1.54, 1.807) is 42.1 Å². The fourth-order valence-electron chi connectivity index (χ4n) is 3.34. The molecule has 166 valence electrons. The van der Waals surface area contributed by atoms with Gasteiger partial charge in [0.05, 0.1) is 16.3 Å². The lowest BCUT2D eigenvalue weighted by Crippen LogP contribution is -2.40. The van der Waals surface area contributed by atoms with Gasteiger partial charge in [-0.25, -0.2) is 8.42 Å². The third-order valence-electron chi connectivity index (χ3n) is 4.94. The molecule has 0 aromatic heterocycles. The summed E-state index contributed by atoms with van der Waals surface area (Å²) in [6.07, 6.45) is 0. The molecule has 0 bridgehead atoms. The number of benzene rings is 2. The summed E-state index contributed by atoms with van der Waals surface area (Å²) in [5, 5.41) is 9.61. The van der Waals surface area contributed by atoms with Crippen molar-refractivity contribution in [2.45, 2.75) is 17.9 Å². The van der Waals surface area contributed by atoms with Crippen molar-refractivity contribution in [1.82, 2.24) is 4.72 Å². The molecule has 3 rings (SSSR count). The number of ketones is 1. The van der Waals surface area contributed by atoms with Gasteiger partial charge in [0.2, 0.25) is 15.8 Å². The van der Waals surface area contributed by atoms with Crippen LogP contribution in [0.15, 0.2) is 70.9 Å². The molecule has 1 N–H and O–H groups in total. The lowest BCUT2D eigenvalue weighted by Gasteiger charge is -2.20. The third kappa shape index (κ3) is 4.49. The number of anilines is 2. The number of carbonyl (C=O) groups excluding carboxylic acids is 2. The molecule has 32 heavy (non-hydrogen) atoms. The van der Waals surface area contributed by atoms with Crippen molar-refractivity contribution >= 4 is 33.2 Å². The monoisotopic (exact) mass is 454 g/mol. The number of fused-ring (bicyclic) bond motifs is 1. The van der Waals surface area contributed by atoms with Crippen LogP contribution >= 0.6 is 0 Å². The van der Waals surface area contributed by atoms with Gasteiger partial charge in [0.1, 0.15) is 23.5 Å². The first-order chi connectivity index (χ1) is 15.2. The molecule has 2 aromatic rings. The minimum atomic E-state index is -3.93. The summed E-state index contributed by atoms with van der Waals surface area (Å²) in [5.74, 6) is -1.26. The maximum absolute atomic E-state index is 12.7. The number of sulfonamides is 1. The quantitative estimate of drug-likeness (QED) is 0.382. The second kappa shape index (κ2) is 9.21. The Hall–Kier alpha value is -3.68. The van der Waals surface area contributed by atoms with Gasteiger partial charge in [-0.2, -0.15) is 9.98 Å². The average molecular weight is 455 g/mol. The molecule has 0 fully saturated rings. The number of hydrogen-bond acceptors (Lipinski definition) is 8. The van der Waals surface area contributed by atoms with E-state index >= 15 is 0 Å². The van der Waals surface area contributed by atoms with Gasteiger partial charge >= 0.3 is 5.97 Å². The molecule has 1 heterocycles. The van der Waals surface area contributed by atoms with Gasteiger partial charge in [-0.3, -0.25) is 9.59 Å². The Morgan fingerprint density at radius 1 is 1.03 bits per heavy atom. The molecule has 10 heteroatoms. The van der Waals surface area contributed by atoms with Gasteiger partial charge in [0.25, 0.3) is 0 Å². The normalized spacial score (nSPS) is 13.9. The molecule has 1 atom stereocenters. The summed E-state index contributed by atoms with van der Waals surface area (Å²) in [6.45, 7) is 0.618. The molecule has 0 aliphatic carbocycles. The zero-order chi connectivity index (χ0) is 23.5. The van der Waals surface area contributed by atoms with Crippen molar-refractivity contribution in [1.29, 1.82) is 5.26 Å². The number of para-hydroxylation sites is 2. The first kappa shape index (κ1) is 23.0. The zero-order valence-electron chi connectivity index (χ0n) is 17.8. The van der Waals surface area contributed by atoms with Gasteiger partial charge in [-0.05, 0) is 31.2 Å². The van der Waals surface area contributed by atoms with Gasteiger partial charge in [-0.1, -0.05) is 30.3 Å². The zero-order valence-corrected chi connectivity index (χ0v) is 18.6. The Labute approximate surface area is 186 Å². The van der Waals surface area contributed by atoms with Gasteiger partial charge in [0.15, 0.2) is 6.61 Å². The van der Waals surface area contributed by atoms with Crippen molar-refractivity contribution < 1.29 is 22.7 Å². The van der Waals surface area contributed by atoms with Crippen LogP contribution in [0.25, 0.3) is 0 Å². The molecular formula is C22H22N4O5S. The highest BCUT2D eigenvalue weighted by molar-refractivity contribution is 7.89. The number of nitriles is 1. The number of esters is 1. The molecule has 1 aliphatic heterocycles. The van der Waals surface area contributed by atoms with Crippen LogP contribution in [0.4, 0.5) is 11.4 Å². The largest absolute Gasteiger partial charge is 0.456 e. The van der Waals surface area contributed by atoms with E-state index in [0.717, 1.165) is 11.4 Å². The molecule has 2 aromatic carbocycles. The summed E-state index contributed by atoms with van der Waals surface area (Å²) in [4.78, 5) is 28.4. The lowest BCUT2D eigenvalue weighted by molar-refractivity contribution is -0.148.